The largest absolute Gasteiger partial charge is 0.497 e. The fourth-order valence-electron chi connectivity index (χ4n) is 1.53. The lowest BCUT2D eigenvalue weighted by Crippen LogP contribution is -2.33. The SMILES string of the molecule is COc1ccc(OC(C)C(=O)NN=Cc2ccco2)cc1. The van der Waals surface area contributed by atoms with Crippen molar-refractivity contribution in [2.45, 2.75) is 13.0 Å². The molecule has 1 heterocycles. The van der Waals surface area contributed by atoms with Crippen LogP contribution in [-0.2, 0) is 4.79 Å². The second-order valence-corrected chi connectivity index (χ2v) is 4.19. The summed E-state index contributed by atoms with van der Waals surface area (Å²) in [4.78, 5) is 11.8. The zero-order valence-electron chi connectivity index (χ0n) is 11.8. The smallest absolute Gasteiger partial charge is 0.280 e. The molecule has 0 fully saturated rings. The summed E-state index contributed by atoms with van der Waals surface area (Å²) in [5.41, 5.74) is 2.38. The minimum Gasteiger partial charge on any atom is -0.497 e. The maximum atomic E-state index is 11.8. The quantitative estimate of drug-likeness (QED) is 0.653. The summed E-state index contributed by atoms with van der Waals surface area (Å²) < 4.78 is 15.6. The first-order valence-corrected chi connectivity index (χ1v) is 6.36. The normalized spacial score (nSPS) is 12.1. The molecule has 0 saturated heterocycles. The number of nitrogens with one attached hydrogen (secondary N) is 1. The summed E-state index contributed by atoms with van der Waals surface area (Å²) in [7, 11) is 1.59. The van der Waals surface area contributed by atoms with Crippen LogP contribution in [0.2, 0.25) is 0 Å². The molecule has 6 heteroatoms. The molecule has 1 aromatic carbocycles. The van der Waals surface area contributed by atoms with E-state index in [-0.39, 0.29) is 5.91 Å². The highest BCUT2D eigenvalue weighted by atomic mass is 16.5. The van der Waals surface area contributed by atoms with Crippen molar-refractivity contribution in [1.82, 2.24) is 5.43 Å². The zero-order valence-corrected chi connectivity index (χ0v) is 11.8. The summed E-state index contributed by atoms with van der Waals surface area (Å²) in [6.07, 6.45) is 2.27. The van der Waals surface area contributed by atoms with Crippen molar-refractivity contribution in [1.29, 1.82) is 0 Å². The van der Waals surface area contributed by atoms with Gasteiger partial charge in [-0.15, -0.1) is 0 Å². The molecule has 0 saturated carbocycles. The van der Waals surface area contributed by atoms with E-state index < -0.39 is 6.10 Å². The molecule has 1 unspecified atom stereocenters. The van der Waals surface area contributed by atoms with Gasteiger partial charge in [-0.2, -0.15) is 5.10 Å². The Morgan fingerprint density at radius 2 is 2.00 bits per heavy atom. The van der Waals surface area contributed by atoms with Gasteiger partial charge >= 0.3 is 0 Å². The van der Waals surface area contributed by atoms with Gasteiger partial charge in [0, 0.05) is 0 Å². The van der Waals surface area contributed by atoms with Crippen molar-refractivity contribution in [3.05, 3.63) is 48.4 Å². The Balaban J connectivity index is 1.84. The summed E-state index contributed by atoms with van der Waals surface area (Å²) >= 11 is 0. The third-order valence-corrected chi connectivity index (χ3v) is 2.65. The summed E-state index contributed by atoms with van der Waals surface area (Å²) in [5, 5.41) is 3.79. The van der Waals surface area contributed by atoms with Gasteiger partial charge in [-0.05, 0) is 43.3 Å². The van der Waals surface area contributed by atoms with Gasteiger partial charge in [0.05, 0.1) is 19.6 Å². The van der Waals surface area contributed by atoms with Gasteiger partial charge in [0.2, 0.25) is 0 Å². The number of hydrazone groups is 1. The first-order valence-electron chi connectivity index (χ1n) is 6.36. The summed E-state index contributed by atoms with van der Waals surface area (Å²) in [6, 6.07) is 10.4. The Hall–Kier alpha value is -2.76. The van der Waals surface area contributed by atoms with E-state index in [2.05, 4.69) is 10.5 Å². The van der Waals surface area contributed by atoms with Gasteiger partial charge in [0.15, 0.2) is 6.10 Å². The zero-order chi connectivity index (χ0) is 15.1. The number of benzene rings is 1. The van der Waals surface area contributed by atoms with E-state index in [0.717, 1.165) is 5.75 Å². The average molecular weight is 288 g/mol. The van der Waals surface area contributed by atoms with Crippen LogP contribution in [0, 0.1) is 0 Å². The number of ether oxygens (including phenoxy) is 2. The number of hydrogen-bond acceptors (Lipinski definition) is 5. The van der Waals surface area contributed by atoms with Crippen LogP contribution >= 0.6 is 0 Å². The van der Waals surface area contributed by atoms with Gasteiger partial charge in [0.1, 0.15) is 17.3 Å². The van der Waals surface area contributed by atoms with Crippen LogP contribution in [-0.4, -0.2) is 25.3 Å². The van der Waals surface area contributed by atoms with Crippen molar-refractivity contribution in [2.24, 2.45) is 5.10 Å². The van der Waals surface area contributed by atoms with E-state index in [1.807, 2.05) is 0 Å². The fraction of sp³-hybridized carbons (Fsp3) is 0.200. The number of rotatable bonds is 6. The molecule has 2 rings (SSSR count). The molecule has 21 heavy (non-hydrogen) atoms. The van der Waals surface area contributed by atoms with E-state index in [9.17, 15) is 4.79 Å². The summed E-state index contributed by atoms with van der Waals surface area (Å²) in [6.45, 7) is 1.64. The van der Waals surface area contributed by atoms with Gasteiger partial charge in [-0.1, -0.05) is 0 Å². The first-order chi connectivity index (χ1) is 10.2. The van der Waals surface area contributed by atoms with Crippen LogP contribution in [0.3, 0.4) is 0 Å². The lowest BCUT2D eigenvalue weighted by Gasteiger charge is -2.13. The fourth-order valence-corrected chi connectivity index (χ4v) is 1.53. The number of amides is 1. The Bertz CT molecular complexity index is 591. The highest BCUT2D eigenvalue weighted by molar-refractivity contribution is 5.83. The molecule has 0 bridgehead atoms. The van der Waals surface area contributed by atoms with E-state index >= 15 is 0 Å². The second-order valence-electron chi connectivity index (χ2n) is 4.19. The predicted molar refractivity (Wildman–Crippen MR) is 77.5 cm³/mol. The highest BCUT2D eigenvalue weighted by Crippen LogP contribution is 2.18. The van der Waals surface area contributed by atoms with Crippen molar-refractivity contribution < 1.29 is 18.7 Å². The van der Waals surface area contributed by atoms with Crippen LogP contribution in [0.25, 0.3) is 0 Å². The maximum Gasteiger partial charge on any atom is 0.280 e. The molecule has 110 valence electrons. The number of carbonyl (C=O) groups is 1. The Kier molecular flexibility index (Phi) is 4.98. The minimum absolute atomic E-state index is 0.353. The van der Waals surface area contributed by atoms with Gasteiger partial charge in [-0.3, -0.25) is 4.79 Å². The molecule has 2 aromatic rings. The third-order valence-electron chi connectivity index (χ3n) is 2.65. The number of carbonyl (C=O) groups excluding carboxylic acids is 1. The van der Waals surface area contributed by atoms with Crippen LogP contribution in [0.4, 0.5) is 0 Å². The molecule has 0 aliphatic carbocycles. The first kappa shape index (κ1) is 14.6. The Morgan fingerprint density at radius 3 is 2.62 bits per heavy atom. The highest BCUT2D eigenvalue weighted by Gasteiger charge is 2.13. The molecule has 1 atom stereocenters. The van der Waals surface area contributed by atoms with E-state index in [1.54, 1.807) is 50.4 Å². The van der Waals surface area contributed by atoms with Gasteiger partial charge in [0.25, 0.3) is 5.91 Å². The van der Waals surface area contributed by atoms with E-state index in [4.69, 9.17) is 13.9 Å². The second kappa shape index (κ2) is 7.14. The van der Waals surface area contributed by atoms with E-state index in [0.29, 0.717) is 11.5 Å². The molecular formula is C15H16N2O4. The number of methoxy groups -OCH3 is 1. The lowest BCUT2D eigenvalue weighted by atomic mass is 10.3. The Labute approximate surface area is 122 Å². The topological polar surface area (TPSA) is 73.1 Å². The molecule has 1 N–H and O–H groups in total. The minimum atomic E-state index is -0.674. The van der Waals surface area contributed by atoms with Crippen molar-refractivity contribution in [2.75, 3.05) is 7.11 Å². The van der Waals surface area contributed by atoms with Crippen molar-refractivity contribution in [3.8, 4) is 11.5 Å². The number of nitrogens with zero attached hydrogens (tertiary/aromatic N) is 1. The number of hydrogen-bond donors (Lipinski definition) is 1. The number of furan rings is 1. The molecule has 0 spiro atoms. The Morgan fingerprint density at radius 1 is 1.29 bits per heavy atom. The van der Waals surface area contributed by atoms with Gasteiger partial charge in [-0.25, -0.2) is 5.43 Å². The predicted octanol–water partition coefficient (Wildman–Crippen LogP) is 2.21. The van der Waals surface area contributed by atoms with Crippen molar-refractivity contribution >= 4 is 12.1 Å². The monoisotopic (exact) mass is 288 g/mol. The molecular weight excluding hydrogens is 272 g/mol. The molecule has 0 aliphatic rings. The van der Waals surface area contributed by atoms with Crippen LogP contribution < -0.4 is 14.9 Å². The van der Waals surface area contributed by atoms with Crippen molar-refractivity contribution in [3.63, 3.8) is 0 Å². The summed E-state index contributed by atoms with van der Waals surface area (Å²) in [5.74, 6) is 1.50. The molecule has 0 radical (unpaired) electrons. The third kappa shape index (κ3) is 4.38. The van der Waals surface area contributed by atoms with Crippen LogP contribution in [0.5, 0.6) is 11.5 Å². The molecule has 1 aromatic heterocycles. The average Bonchev–Trinajstić information content (AvgIpc) is 3.01. The standard InChI is InChI=1S/C15H16N2O4/c1-11(21-13-7-5-12(19-2)6-8-13)15(18)17-16-10-14-4-3-9-20-14/h3-11H,1-2H3,(H,17,18). The van der Waals surface area contributed by atoms with E-state index in [1.165, 1.54) is 12.5 Å². The van der Waals surface area contributed by atoms with Crippen LogP contribution in [0.15, 0.2) is 52.2 Å². The molecule has 1 amide bonds. The van der Waals surface area contributed by atoms with Gasteiger partial charge < -0.3 is 13.9 Å². The van der Waals surface area contributed by atoms with Crippen LogP contribution in [0.1, 0.15) is 12.7 Å². The molecule has 0 aliphatic heterocycles. The maximum absolute atomic E-state index is 11.8. The molecule has 6 nitrogen and oxygen atoms in total. The lowest BCUT2D eigenvalue weighted by molar-refractivity contribution is -0.127.